The lowest BCUT2D eigenvalue weighted by Crippen LogP contribution is -2.07. The van der Waals surface area contributed by atoms with Crippen molar-refractivity contribution in [1.82, 2.24) is 0 Å². The zero-order chi connectivity index (χ0) is 14.0. The molecule has 0 bridgehead atoms. The van der Waals surface area contributed by atoms with E-state index in [1.807, 2.05) is 12.1 Å². The number of rotatable bonds is 3. The number of anilines is 1. The van der Waals surface area contributed by atoms with Gasteiger partial charge in [0.15, 0.2) is 0 Å². The molecule has 1 aromatic carbocycles. The molecule has 1 N–H and O–H groups in total. The Balaban J connectivity index is 2.15. The molecule has 1 heterocycles. The molecule has 1 nitrogen and oxygen atoms in total. The first kappa shape index (κ1) is 14.3. The van der Waals surface area contributed by atoms with E-state index in [9.17, 15) is 17.6 Å². The van der Waals surface area contributed by atoms with Gasteiger partial charge in [0.1, 0.15) is 5.82 Å². The lowest BCUT2D eigenvalue weighted by Gasteiger charge is -2.11. The van der Waals surface area contributed by atoms with Gasteiger partial charge in [-0.1, -0.05) is 0 Å². The lowest BCUT2D eigenvalue weighted by atomic mass is 10.2. The van der Waals surface area contributed by atoms with Crippen LogP contribution in [0.4, 0.5) is 23.2 Å². The van der Waals surface area contributed by atoms with E-state index < -0.39 is 17.6 Å². The van der Waals surface area contributed by atoms with Crippen LogP contribution in [-0.4, -0.2) is 0 Å². The molecule has 2 rings (SSSR count). The van der Waals surface area contributed by atoms with E-state index in [0.29, 0.717) is 0 Å². The first-order valence-electron chi connectivity index (χ1n) is 5.21. The zero-order valence-corrected chi connectivity index (χ0v) is 11.8. The van der Waals surface area contributed by atoms with Crippen molar-refractivity contribution in [3.63, 3.8) is 0 Å². The molecule has 19 heavy (non-hydrogen) atoms. The molecule has 102 valence electrons. The summed E-state index contributed by atoms with van der Waals surface area (Å²) in [4.78, 5) is 0.892. The third-order valence-electron chi connectivity index (χ3n) is 2.38. The Morgan fingerprint density at radius 3 is 2.47 bits per heavy atom. The highest BCUT2D eigenvalue weighted by molar-refractivity contribution is 9.11. The first-order valence-corrected chi connectivity index (χ1v) is 6.82. The van der Waals surface area contributed by atoms with Crippen LogP contribution < -0.4 is 5.32 Å². The maximum absolute atomic E-state index is 13.4. The third kappa shape index (κ3) is 3.70. The van der Waals surface area contributed by atoms with Gasteiger partial charge in [0, 0.05) is 11.4 Å². The minimum Gasteiger partial charge on any atom is -0.378 e. The number of benzene rings is 1. The second kappa shape index (κ2) is 5.50. The number of hydrogen-bond acceptors (Lipinski definition) is 2. The van der Waals surface area contributed by atoms with Crippen molar-refractivity contribution in [2.24, 2.45) is 0 Å². The van der Waals surface area contributed by atoms with Crippen LogP contribution in [-0.2, 0) is 12.7 Å². The van der Waals surface area contributed by atoms with Crippen molar-refractivity contribution in [3.8, 4) is 0 Å². The zero-order valence-electron chi connectivity index (χ0n) is 9.39. The number of alkyl halides is 3. The number of halogens is 5. The molecule has 7 heteroatoms. The lowest BCUT2D eigenvalue weighted by molar-refractivity contribution is -0.137. The van der Waals surface area contributed by atoms with Gasteiger partial charge >= 0.3 is 6.18 Å². The standard InChI is InChI=1S/C12H8BrF4NS/c13-11-4-2-8(19-11)6-18-10-5-7(12(15,16)17)1-3-9(10)14/h1-5,18H,6H2. The molecule has 0 aliphatic rings. The predicted molar refractivity (Wildman–Crippen MR) is 70.7 cm³/mol. The van der Waals surface area contributed by atoms with Crippen molar-refractivity contribution in [1.29, 1.82) is 0 Å². The van der Waals surface area contributed by atoms with Gasteiger partial charge in [-0.15, -0.1) is 11.3 Å². The second-order valence-electron chi connectivity index (χ2n) is 3.75. The molecule has 0 atom stereocenters. The van der Waals surface area contributed by atoms with Crippen LogP contribution >= 0.6 is 27.3 Å². The molecule has 0 spiro atoms. The average molecular weight is 354 g/mol. The van der Waals surface area contributed by atoms with Gasteiger partial charge in [-0.25, -0.2) is 4.39 Å². The highest BCUT2D eigenvalue weighted by Gasteiger charge is 2.31. The summed E-state index contributed by atoms with van der Waals surface area (Å²) in [5.74, 6) is -0.705. The fourth-order valence-corrected chi connectivity index (χ4v) is 2.89. The van der Waals surface area contributed by atoms with E-state index in [-0.39, 0.29) is 12.2 Å². The topological polar surface area (TPSA) is 12.0 Å². The van der Waals surface area contributed by atoms with E-state index in [0.717, 1.165) is 26.9 Å². The monoisotopic (exact) mass is 353 g/mol. The van der Waals surface area contributed by atoms with Gasteiger partial charge in [-0.2, -0.15) is 13.2 Å². The Labute approximate surface area is 119 Å². The van der Waals surface area contributed by atoms with Crippen molar-refractivity contribution < 1.29 is 17.6 Å². The van der Waals surface area contributed by atoms with Gasteiger partial charge in [0.05, 0.1) is 15.0 Å². The van der Waals surface area contributed by atoms with Crippen LogP contribution in [0.1, 0.15) is 10.4 Å². The summed E-state index contributed by atoms with van der Waals surface area (Å²) in [7, 11) is 0. The molecule has 0 saturated carbocycles. The summed E-state index contributed by atoms with van der Waals surface area (Å²) < 4.78 is 51.9. The molecule has 2 aromatic rings. The summed E-state index contributed by atoms with van der Waals surface area (Å²) >= 11 is 4.71. The minimum atomic E-state index is -4.48. The summed E-state index contributed by atoms with van der Waals surface area (Å²) in [6, 6.07) is 5.95. The minimum absolute atomic E-state index is 0.153. The molecule has 0 amide bonds. The quantitative estimate of drug-likeness (QED) is 0.740. The maximum Gasteiger partial charge on any atom is 0.416 e. The molecule has 0 aliphatic carbocycles. The van der Waals surface area contributed by atoms with Crippen LogP contribution in [0.25, 0.3) is 0 Å². The molecule has 0 radical (unpaired) electrons. The molecular weight excluding hydrogens is 346 g/mol. The largest absolute Gasteiger partial charge is 0.416 e. The van der Waals surface area contributed by atoms with E-state index in [4.69, 9.17) is 0 Å². The van der Waals surface area contributed by atoms with Gasteiger partial charge < -0.3 is 5.32 Å². The number of thiophene rings is 1. The predicted octanol–water partition coefficient (Wildman–Crippen LogP) is 5.28. The normalized spacial score (nSPS) is 11.6. The molecular formula is C12H8BrF4NS. The summed E-state index contributed by atoms with van der Waals surface area (Å²) in [6.07, 6.45) is -4.48. The Bertz CT molecular complexity index is 579. The molecule has 0 aliphatic heterocycles. The first-order chi connectivity index (χ1) is 8.86. The van der Waals surface area contributed by atoms with Crippen LogP contribution in [0.15, 0.2) is 34.1 Å². The van der Waals surface area contributed by atoms with Crippen molar-refractivity contribution in [3.05, 3.63) is 50.4 Å². The number of hydrogen-bond donors (Lipinski definition) is 1. The summed E-state index contributed by atoms with van der Waals surface area (Å²) in [6.45, 7) is 0.272. The maximum atomic E-state index is 13.4. The Morgan fingerprint density at radius 2 is 1.89 bits per heavy atom. The molecule has 1 aromatic heterocycles. The molecule has 0 fully saturated rings. The SMILES string of the molecule is Fc1ccc(C(F)(F)F)cc1NCc1ccc(Br)s1. The molecule has 0 unspecified atom stereocenters. The highest BCUT2D eigenvalue weighted by Crippen LogP contribution is 2.32. The van der Waals surface area contributed by atoms with Crippen LogP contribution in [0.3, 0.4) is 0 Å². The smallest absolute Gasteiger partial charge is 0.378 e. The van der Waals surface area contributed by atoms with Crippen LogP contribution in [0, 0.1) is 5.82 Å². The van der Waals surface area contributed by atoms with E-state index in [2.05, 4.69) is 21.2 Å². The summed E-state index contributed by atoms with van der Waals surface area (Å²) in [5.41, 5.74) is -1.02. The fourth-order valence-electron chi connectivity index (χ4n) is 1.47. The van der Waals surface area contributed by atoms with Gasteiger partial charge in [-0.3, -0.25) is 0 Å². The fraction of sp³-hybridized carbons (Fsp3) is 0.167. The highest BCUT2D eigenvalue weighted by atomic mass is 79.9. The second-order valence-corrected chi connectivity index (χ2v) is 6.30. The summed E-state index contributed by atoms with van der Waals surface area (Å²) in [5, 5.41) is 2.67. The Kier molecular flexibility index (Phi) is 4.15. The van der Waals surface area contributed by atoms with Crippen molar-refractivity contribution in [2.45, 2.75) is 12.7 Å². The van der Waals surface area contributed by atoms with E-state index in [1.165, 1.54) is 11.3 Å². The van der Waals surface area contributed by atoms with Crippen LogP contribution in [0.5, 0.6) is 0 Å². The van der Waals surface area contributed by atoms with Gasteiger partial charge in [0.25, 0.3) is 0 Å². The van der Waals surface area contributed by atoms with E-state index in [1.54, 1.807) is 0 Å². The number of nitrogens with one attached hydrogen (secondary N) is 1. The van der Waals surface area contributed by atoms with Gasteiger partial charge in [-0.05, 0) is 46.3 Å². The van der Waals surface area contributed by atoms with Crippen molar-refractivity contribution in [2.75, 3.05) is 5.32 Å². The van der Waals surface area contributed by atoms with Crippen molar-refractivity contribution >= 4 is 33.0 Å². The molecule has 0 saturated heterocycles. The van der Waals surface area contributed by atoms with E-state index >= 15 is 0 Å². The Morgan fingerprint density at radius 1 is 1.16 bits per heavy atom. The third-order valence-corrected chi connectivity index (χ3v) is 4.00. The Hall–Kier alpha value is -1.08. The van der Waals surface area contributed by atoms with Gasteiger partial charge in [0.2, 0.25) is 0 Å². The average Bonchev–Trinajstić information content (AvgIpc) is 2.72. The van der Waals surface area contributed by atoms with Crippen LogP contribution in [0.2, 0.25) is 0 Å².